The minimum atomic E-state index is -0.770. The molecule has 2 N–H and O–H groups in total. The fraction of sp³-hybridized carbons (Fsp3) is 0.250. The summed E-state index contributed by atoms with van der Waals surface area (Å²) in [7, 11) is 0. The molecule has 0 saturated heterocycles. The summed E-state index contributed by atoms with van der Waals surface area (Å²) in [6, 6.07) is 6.59. The zero-order valence-electron chi connectivity index (χ0n) is 13.4. The van der Waals surface area contributed by atoms with Crippen molar-refractivity contribution >= 4 is 28.1 Å². The Kier molecular flexibility index (Phi) is 6.29. The van der Waals surface area contributed by atoms with Gasteiger partial charge in [-0.2, -0.15) is 0 Å². The van der Waals surface area contributed by atoms with Crippen LogP contribution in [-0.2, 0) is 9.53 Å². The van der Waals surface area contributed by atoms with Crippen molar-refractivity contribution < 1.29 is 14.6 Å². The highest BCUT2D eigenvalue weighted by atomic mass is 79.9. The average Bonchev–Trinajstić information content (AvgIpc) is 2.55. The van der Waals surface area contributed by atoms with Crippen LogP contribution in [0.4, 0.5) is 0 Å². The van der Waals surface area contributed by atoms with Crippen LogP contribution in [0.25, 0.3) is 5.69 Å². The molecule has 0 spiro atoms. The molecule has 1 aromatic heterocycles. The summed E-state index contributed by atoms with van der Waals surface area (Å²) in [5.74, 6) is -0.937. The molecule has 8 nitrogen and oxygen atoms in total. The molecule has 2 aromatic rings. The molecule has 1 heterocycles. The van der Waals surface area contributed by atoms with Crippen LogP contribution in [0.15, 0.2) is 43.3 Å². The zero-order valence-corrected chi connectivity index (χ0v) is 14.9. The number of hydrogen-bond donors (Lipinski definition) is 2. The van der Waals surface area contributed by atoms with E-state index in [9.17, 15) is 19.5 Å². The molecule has 0 aliphatic rings. The van der Waals surface area contributed by atoms with Crippen LogP contribution in [0.2, 0.25) is 0 Å². The average molecular weight is 410 g/mol. The normalized spacial score (nSPS) is 11.0. The Labute approximate surface area is 150 Å². The fourth-order valence-corrected chi connectivity index (χ4v) is 2.29. The van der Waals surface area contributed by atoms with Gasteiger partial charge in [-0.25, -0.2) is 9.36 Å². The molecule has 0 amide bonds. The summed E-state index contributed by atoms with van der Waals surface area (Å²) in [6.45, 7) is 2.07. The van der Waals surface area contributed by atoms with E-state index < -0.39 is 23.1 Å². The number of aromatic nitrogens is 2. The van der Waals surface area contributed by atoms with Crippen LogP contribution in [0, 0.1) is 0 Å². The molecule has 2 rings (SSSR count). The summed E-state index contributed by atoms with van der Waals surface area (Å²) in [5, 5.41) is 10.3. The number of aromatic hydroxyl groups is 1. The lowest BCUT2D eigenvalue weighted by atomic mass is 10.3. The second-order valence-corrected chi connectivity index (χ2v) is 5.81. The first-order chi connectivity index (χ1) is 11.9. The first-order valence-electron chi connectivity index (χ1n) is 7.43. The molecule has 25 heavy (non-hydrogen) atoms. The van der Waals surface area contributed by atoms with Gasteiger partial charge in [-0.05, 0) is 31.2 Å². The van der Waals surface area contributed by atoms with Crippen LogP contribution < -0.4 is 11.2 Å². The maximum absolute atomic E-state index is 12.0. The maximum atomic E-state index is 12.0. The third-order valence-electron chi connectivity index (χ3n) is 3.18. The van der Waals surface area contributed by atoms with Crippen molar-refractivity contribution in [1.82, 2.24) is 9.55 Å². The number of H-pyrrole nitrogens is 1. The molecule has 0 fully saturated rings. The van der Waals surface area contributed by atoms with Crippen molar-refractivity contribution in [3.63, 3.8) is 0 Å². The number of nitrogens with zero attached hydrogens (tertiary/aromatic N) is 2. The molecule has 0 aliphatic heterocycles. The number of ether oxygens (including phenoxy) is 1. The summed E-state index contributed by atoms with van der Waals surface area (Å²) < 4.78 is 6.52. The lowest BCUT2D eigenvalue weighted by molar-refractivity contribution is -0.142. The highest BCUT2D eigenvalue weighted by Gasteiger charge is 2.14. The van der Waals surface area contributed by atoms with Crippen molar-refractivity contribution in [1.29, 1.82) is 0 Å². The van der Waals surface area contributed by atoms with E-state index in [2.05, 4.69) is 25.9 Å². The van der Waals surface area contributed by atoms with E-state index >= 15 is 0 Å². The maximum Gasteiger partial charge on any atom is 0.335 e. The van der Waals surface area contributed by atoms with Gasteiger partial charge in [-0.15, -0.1) is 0 Å². The number of benzene rings is 1. The third-order valence-corrected chi connectivity index (χ3v) is 3.71. The second-order valence-electron chi connectivity index (χ2n) is 4.90. The number of rotatable bonds is 6. The van der Waals surface area contributed by atoms with Gasteiger partial charge >= 0.3 is 11.7 Å². The molecule has 0 atom stereocenters. The molecule has 0 aliphatic carbocycles. The largest absolute Gasteiger partial charge is 0.493 e. The van der Waals surface area contributed by atoms with Crippen molar-refractivity contribution in [2.75, 3.05) is 13.2 Å². The summed E-state index contributed by atoms with van der Waals surface area (Å²) in [6.07, 6.45) is 1.18. The topological polar surface area (TPSA) is 114 Å². The predicted molar refractivity (Wildman–Crippen MR) is 95.7 cm³/mol. The standard InChI is InChI=1S/C16H16BrN3O5/c1-2-25-13(21)7-8-18-9-12-14(22)19-16(24)20(15(12)23)11-5-3-10(17)4-6-11/h3-6,9,23H,2,7-8H2,1H3,(H,19,22,24). The number of aliphatic imine (C=N–C) groups is 1. The number of carbonyl (C=O) groups excluding carboxylic acids is 1. The second kappa shape index (κ2) is 8.43. The van der Waals surface area contributed by atoms with Crippen LogP contribution >= 0.6 is 15.9 Å². The van der Waals surface area contributed by atoms with Gasteiger partial charge in [-0.3, -0.25) is 19.6 Å². The van der Waals surface area contributed by atoms with Gasteiger partial charge in [0, 0.05) is 17.2 Å². The minimum Gasteiger partial charge on any atom is -0.493 e. The van der Waals surface area contributed by atoms with Crippen molar-refractivity contribution in [3.8, 4) is 11.6 Å². The number of nitrogens with one attached hydrogen (secondary N) is 1. The number of aromatic amines is 1. The Bertz CT molecular complexity index is 899. The summed E-state index contributed by atoms with van der Waals surface area (Å²) in [5.41, 5.74) is -1.33. The molecule has 0 unspecified atom stereocenters. The minimum absolute atomic E-state index is 0.0510. The molecular weight excluding hydrogens is 394 g/mol. The van der Waals surface area contributed by atoms with E-state index in [1.54, 1.807) is 31.2 Å². The van der Waals surface area contributed by atoms with E-state index in [0.717, 1.165) is 15.3 Å². The number of carbonyl (C=O) groups is 1. The Morgan fingerprint density at radius 2 is 2.04 bits per heavy atom. The van der Waals surface area contributed by atoms with E-state index in [0.29, 0.717) is 5.69 Å². The van der Waals surface area contributed by atoms with Gasteiger partial charge in [-0.1, -0.05) is 15.9 Å². The van der Waals surface area contributed by atoms with Gasteiger partial charge in [0.25, 0.3) is 5.56 Å². The smallest absolute Gasteiger partial charge is 0.335 e. The van der Waals surface area contributed by atoms with Gasteiger partial charge < -0.3 is 9.84 Å². The molecule has 9 heteroatoms. The van der Waals surface area contributed by atoms with Gasteiger partial charge in [0.1, 0.15) is 5.56 Å². The Morgan fingerprint density at radius 3 is 2.68 bits per heavy atom. The van der Waals surface area contributed by atoms with Gasteiger partial charge in [0.2, 0.25) is 5.88 Å². The van der Waals surface area contributed by atoms with Crippen LogP contribution in [0.5, 0.6) is 5.88 Å². The van der Waals surface area contributed by atoms with Crippen molar-refractivity contribution in [3.05, 3.63) is 55.1 Å². The Balaban J connectivity index is 2.32. The SMILES string of the molecule is CCOC(=O)CCN=Cc1c(O)n(-c2ccc(Br)cc2)c(=O)[nH]c1=O. The summed E-state index contributed by atoms with van der Waals surface area (Å²) in [4.78, 5) is 41.2. The highest BCUT2D eigenvalue weighted by molar-refractivity contribution is 9.10. The van der Waals surface area contributed by atoms with Crippen molar-refractivity contribution in [2.24, 2.45) is 4.99 Å². The molecule has 0 saturated carbocycles. The Morgan fingerprint density at radius 1 is 1.36 bits per heavy atom. The lowest BCUT2D eigenvalue weighted by Gasteiger charge is -2.09. The van der Waals surface area contributed by atoms with E-state index in [4.69, 9.17) is 4.74 Å². The monoisotopic (exact) mass is 409 g/mol. The summed E-state index contributed by atoms with van der Waals surface area (Å²) >= 11 is 3.28. The number of esters is 1. The fourth-order valence-electron chi connectivity index (χ4n) is 2.03. The van der Waals surface area contributed by atoms with E-state index in [1.165, 1.54) is 0 Å². The molecule has 132 valence electrons. The van der Waals surface area contributed by atoms with Crippen LogP contribution in [0.1, 0.15) is 18.9 Å². The first kappa shape index (κ1) is 18.7. The lowest BCUT2D eigenvalue weighted by Crippen LogP contribution is -2.31. The molecule has 0 radical (unpaired) electrons. The first-order valence-corrected chi connectivity index (χ1v) is 8.23. The molecular formula is C16H16BrN3O5. The number of halogens is 1. The highest BCUT2D eigenvalue weighted by Crippen LogP contribution is 2.17. The molecule has 1 aromatic carbocycles. The predicted octanol–water partition coefficient (Wildman–Crippen LogP) is 1.37. The van der Waals surface area contributed by atoms with Crippen LogP contribution in [0.3, 0.4) is 0 Å². The van der Waals surface area contributed by atoms with E-state index in [-0.39, 0.29) is 25.1 Å². The van der Waals surface area contributed by atoms with Gasteiger partial charge in [0.15, 0.2) is 0 Å². The number of hydrogen-bond acceptors (Lipinski definition) is 6. The van der Waals surface area contributed by atoms with E-state index in [1.807, 2.05) is 0 Å². The van der Waals surface area contributed by atoms with Gasteiger partial charge in [0.05, 0.1) is 18.7 Å². The molecule has 0 bridgehead atoms. The van der Waals surface area contributed by atoms with Crippen molar-refractivity contribution in [2.45, 2.75) is 13.3 Å². The van der Waals surface area contributed by atoms with Crippen LogP contribution in [-0.4, -0.2) is 40.0 Å². The quantitative estimate of drug-likeness (QED) is 0.552. The third kappa shape index (κ3) is 4.66. The zero-order chi connectivity index (χ0) is 18.4. The Hall–Kier alpha value is -2.68.